The Morgan fingerprint density at radius 2 is 2.22 bits per heavy atom. The zero-order valence-corrected chi connectivity index (χ0v) is 9.61. The van der Waals surface area contributed by atoms with Crippen LogP contribution in [-0.2, 0) is 4.74 Å². The molecule has 1 unspecified atom stereocenters. The number of hydrogen-bond acceptors (Lipinski definition) is 6. The van der Waals surface area contributed by atoms with Crippen molar-refractivity contribution < 1.29 is 20.1 Å². The fourth-order valence-electron chi connectivity index (χ4n) is 2.00. The Morgan fingerprint density at radius 1 is 1.56 bits per heavy atom. The minimum Gasteiger partial charge on any atom is -0.394 e. The van der Waals surface area contributed by atoms with Gasteiger partial charge in [0.2, 0.25) is 0 Å². The number of H-pyrrole nitrogens is 1. The van der Waals surface area contributed by atoms with E-state index in [4.69, 9.17) is 9.84 Å². The highest BCUT2D eigenvalue weighted by molar-refractivity contribution is 5.00. The number of aromatic nitrogens is 2. The quantitative estimate of drug-likeness (QED) is 0.466. The van der Waals surface area contributed by atoms with E-state index in [1.807, 2.05) is 4.98 Å². The molecule has 1 saturated heterocycles. The van der Waals surface area contributed by atoms with Crippen LogP contribution < -0.4 is 11.2 Å². The molecule has 2 rings (SSSR count). The molecular weight excluding hydrogens is 244 g/mol. The lowest BCUT2D eigenvalue weighted by molar-refractivity contribution is -0.0987. The van der Waals surface area contributed by atoms with E-state index in [9.17, 15) is 19.8 Å². The lowest BCUT2D eigenvalue weighted by Gasteiger charge is -2.27. The van der Waals surface area contributed by atoms with E-state index in [0.29, 0.717) is 0 Å². The van der Waals surface area contributed by atoms with Crippen LogP contribution in [0.25, 0.3) is 0 Å². The van der Waals surface area contributed by atoms with Crippen LogP contribution in [0.2, 0.25) is 0 Å². The molecule has 0 aliphatic carbocycles. The number of aliphatic hydroxyl groups is 3. The predicted molar refractivity (Wildman–Crippen MR) is 58.9 cm³/mol. The normalized spacial score (nSPS) is 35.9. The maximum Gasteiger partial charge on any atom is 0.330 e. The summed E-state index contributed by atoms with van der Waals surface area (Å²) in [5.41, 5.74) is -3.10. The maximum atomic E-state index is 11.6. The topological polar surface area (TPSA) is 125 Å². The van der Waals surface area contributed by atoms with Crippen molar-refractivity contribution in [1.82, 2.24) is 9.55 Å². The van der Waals surface area contributed by atoms with Gasteiger partial charge in [-0.1, -0.05) is 0 Å². The Balaban J connectivity index is 2.45. The van der Waals surface area contributed by atoms with Crippen molar-refractivity contribution in [3.05, 3.63) is 33.1 Å². The zero-order chi connectivity index (χ0) is 13.5. The molecule has 1 fully saturated rings. The molecule has 0 aromatic carbocycles. The van der Waals surface area contributed by atoms with Gasteiger partial charge in [0.15, 0.2) is 6.23 Å². The van der Waals surface area contributed by atoms with Gasteiger partial charge in [-0.3, -0.25) is 14.3 Å². The number of ether oxygens (including phenoxy) is 1. The average molecular weight is 258 g/mol. The summed E-state index contributed by atoms with van der Waals surface area (Å²) < 4.78 is 6.19. The molecule has 8 nitrogen and oxygen atoms in total. The van der Waals surface area contributed by atoms with E-state index < -0.39 is 41.9 Å². The second-order valence-electron chi connectivity index (χ2n) is 4.40. The molecule has 0 amide bonds. The SMILES string of the molecule is C[C@]1(O)C(n2ccc(=O)[nH]c2=O)O[C@H](CO)[C@H]1O. The van der Waals surface area contributed by atoms with Gasteiger partial charge in [-0.15, -0.1) is 0 Å². The van der Waals surface area contributed by atoms with Gasteiger partial charge in [0.1, 0.15) is 17.8 Å². The van der Waals surface area contributed by atoms with Gasteiger partial charge >= 0.3 is 5.69 Å². The molecule has 1 aliphatic heterocycles. The van der Waals surface area contributed by atoms with Crippen molar-refractivity contribution in [2.24, 2.45) is 0 Å². The zero-order valence-electron chi connectivity index (χ0n) is 9.61. The van der Waals surface area contributed by atoms with Gasteiger partial charge in [0.25, 0.3) is 5.56 Å². The highest BCUT2D eigenvalue weighted by Crippen LogP contribution is 2.36. The number of aromatic amines is 1. The van der Waals surface area contributed by atoms with E-state index in [2.05, 4.69) is 0 Å². The lowest BCUT2D eigenvalue weighted by atomic mass is 9.96. The van der Waals surface area contributed by atoms with E-state index >= 15 is 0 Å². The first kappa shape index (κ1) is 13.0. The van der Waals surface area contributed by atoms with Gasteiger partial charge < -0.3 is 20.1 Å². The number of nitrogens with one attached hydrogen (secondary N) is 1. The molecule has 0 spiro atoms. The largest absolute Gasteiger partial charge is 0.394 e. The molecule has 8 heteroatoms. The van der Waals surface area contributed by atoms with Crippen molar-refractivity contribution >= 4 is 0 Å². The summed E-state index contributed by atoms with van der Waals surface area (Å²) in [4.78, 5) is 24.5. The first-order chi connectivity index (χ1) is 8.37. The summed E-state index contributed by atoms with van der Waals surface area (Å²) in [7, 11) is 0. The molecule has 4 N–H and O–H groups in total. The molecule has 1 aromatic rings. The van der Waals surface area contributed by atoms with Gasteiger partial charge in [-0.05, 0) is 6.92 Å². The maximum absolute atomic E-state index is 11.6. The summed E-state index contributed by atoms with van der Waals surface area (Å²) in [6, 6.07) is 1.10. The molecule has 1 aliphatic rings. The van der Waals surface area contributed by atoms with Gasteiger partial charge in [0, 0.05) is 12.3 Å². The Labute approximate surface area is 101 Å². The third-order valence-corrected chi connectivity index (χ3v) is 3.04. The molecule has 100 valence electrons. The van der Waals surface area contributed by atoms with Crippen LogP contribution >= 0.6 is 0 Å². The third kappa shape index (κ3) is 1.89. The first-order valence-electron chi connectivity index (χ1n) is 5.36. The monoisotopic (exact) mass is 258 g/mol. The first-order valence-corrected chi connectivity index (χ1v) is 5.36. The smallest absolute Gasteiger partial charge is 0.330 e. The minimum atomic E-state index is -1.75. The van der Waals surface area contributed by atoms with Gasteiger partial charge in [-0.2, -0.15) is 0 Å². The second-order valence-corrected chi connectivity index (χ2v) is 4.40. The molecule has 2 heterocycles. The standard InChI is InChI=1S/C10H14N2O6/c1-10(17)7(15)5(4-13)18-8(10)12-3-2-6(14)11-9(12)16/h2-3,5,7-8,13,15,17H,4H2,1H3,(H,11,14,16)/t5-,7-,8?,10-/m1/s1. The van der Waals surface area contributed by atoms with Crippen molar-refractivity contribution in [3.63, 3.8) is 0 Å². The molecule has 4 atom stereocenters. The summed E-state index contributed by atoms with van der Waals surface area (Å²) in [5.74, 6) is 0. The molecule has 0 bridgehead atoms. The highest BCUT2D eigenvalue weighted by Gasteiger charge is 2.53. The number of nitrogens with zero attached hydrogens (tertiary/aromatic N) is 1. The van der Waals surface area contributed by atoms with E-state index in [1.54, 1.807) is 0 Å². The Morgan fingerprint density at radius 3 is 2.72 bits per heavy atom. The van der Waals surface area contributed by atoms with Crippen LogP contribution in [0.4, 0.5) is 0 Å². The van der Waals surface area contributed by atoms with Crippen molar-refractivity contribution in [2.75, 3.05) is 6.61 Å². The van der Waals surface area contributed by atoms with Crippen molar-refractivity contribution in [1.29, 1.82) is 0 Å². The van der Waals surface area contributed by atoms with Crippen LogP contribution in [0.1, 0.15) is 13.2 Å². The Hall–Kier alpha value is -1.48. The minimum absolute atomic E-state index is 0.494. The lowest BCUT2D eigenvalue weighted by Crippen LogP contribution is -2.46. The fraction of sp³-hybridized carbons (Fsp3) is 0.600. The van der Waals surface area contributed by atoms with Crippen molar-refractivity contribution in [3.8, 4) is 0 Å². The molecule has 0 saturated carbocycles. The number of hydrogen-bond donors (Lipinski definition) is 4. The number of aliphatic hydroxyl groups excluding tert-OH is 2. The number of rotatable bonds is 2. The Kier molecular flexibility index (Phi) is 3.11. The van der Waals surface area contributed by atoms with Gasteiger partial charge in [-0.25, -0.2) is 4.79 Å². The summed E-state index contributed by atoms with van der Waals surface area (Å²) in [5, 5.41) is 28.9. The second kappa shape index (κ2) is 4.32. The van der Waals surface area contributed by atoms with Crippen LogP contribution in [-0.4, -0.2) is 49.3 Å². The molecule has 18 heavy (non-hydrogen) atoms. The van der Waals surface area contributed by atoms with Crippen LogP contribution in [0.3, 0.4) is 0 Å². The van der Waals surface area contributed by atoms with E-state index in [0.717, 1.165) is 16.8 Å². The Bertz CT molecular complexity index is 548. The van der Waals surface area contributed by atoms with Crippen LogP contribution in [0.15, 0.2) is 21.9 Å². The summed E-state index contributed by atoms with van der Waals surface area (Å²) in [6.45, 7) is 0.793. The third-order valence-electron chi connectivity index (χ3n) is 3.04. The highest BCUT2D eigenvalue weighted by atomic mass is 16.6. The van der Waals surface area contributed by atoms with Gasteiger partial charge in [0.05, 0.1) is 6.61 Å². The van der Waals surface area contributed by atoms with E-state index in [-0.39, 0.29) is 0 Å². The average Bonchev–Trinajstić information content (AvgIpc) is 2.52. The molecule has 1 aromatic heterocycles. The van der Waals surface area contributed by atoms with Crippen LogP contribution in [0.5, 0.6) is 0 Å². The van der Waals surface area contributed by atoms with Crippen LogP contribution in [0, 0.1) is 0 Å². The molecular formula is C10H14N2O6. The summed E-state index contributed by atoms with van der Waals surface area (Å²) in [6.07, 6.45) is -2.36. The van der Waals surface area contributed by atoms with Crippen molar-refractivity contribution in [2.45, 2.75) is 31.0 Å². The summed E-state index contributed by atoms with van der Waals surface area (Å²) >= 11 is 0. The molecule has 0 radical (unpaired) electrons. The fourth-order valence-corrected chi connectivity index (χ4v) is 2.00. The van der Waals surface area contributed by atoms with E-state index in [1.165, 1.54) is 6.92 Å². The predicted octanol–water partition coefficient (Wildman–Crippen LogP) is -2.46.